The van der Waals surface area contributed by atoms with Gasteiger partial charge in [0, 0.05) is 15.7 Å². The van der Waals surface area contributed by atoms with Crippen molar-refractivity contribution in [3.8, 4) is 11.5 Å². The molecule has 0 spiro atoms. The molecule has 0 saturated carbocycles. The number of aliphatic imine (C=N–C) groups is 1. The van der Waals surface area contributed by atoms with E-state index in [0.29, 0.717) is 38.7 Å². The second kappa shape index (κ2) is 11.4. The van der Waals surface area contributed by atoms with Crippen molar-refractivity contribution >= 4 is 73.8 Å². The molecule has 11 heteroatoms. The standard InChI is InChI=1S/C25H17BrClIN2O6/c1-2-34-22-11-15(9-19(26)23(22)35-13-14-3-6-17(7-4-14)30(32)33)10-21-25(31)36-24(29-21)18-12-16(28)5-8-20(18)27/h3-12H,2,13H2,1H3/b21-10-. The summed E-state index contributed by atoms with van der Waals surface area (Å²) in [5.41, 5.74) is 2.05. The summed E-state index contributed by atoms with van der Waals surface area (Å²) in [5.74, 6) is 0.465. The maximum atomic E-state index is 12.5. The minimum atomic E-state index is -0.590. The minimum absolute atomic E-state index is 0.00727. The van der Waals surface area contributed by atoms with Crippen molar-refractivity contribution in [2.45, 2.75) is 13.5 Å². The van der Waals surface area contributed by atoms with Gasteiger partial charge in [0.25, 0.3) is 5.69 Å². The van der Waals surface area contributed by atoms with Crippen LogP contribution in [0.5, 0.6) is 11.5 Å². The molecule has 36 heavy (non-hydrogen) atoms. The van der Waals surface area contributed by atoms with Crippen LogP contribution in [0.1, 0.15) is 23.6 Å². The Balaban J connectivity index is 1.60. The van der Waals surface area contributed by atoms with E-state index in [0.717, 1.165) is 9.13 Å². The van der Waals surface area contributed by atoms with Gasteiger partial charge >= 0.3 is 5.97 Å². The molecule has 0 bridgehead atoms. The molecule has 3 aromatic rings. The number of nitro groups is 1. The quantitative estimate of drug-likeness (QED) is 0.0839. The number of esters is 1. The van der Waals surface area contributed by atoms with Gasteiger partial charge < -0.3 is 14.2 Å². The normalized spacial score (nSPS) is 13.9. The number of ether oxygens (including phenoxy) is 3. The molecule has 0 N–H and O–H groups in total. The third-order valence-corrected chi connectivity index (χ3v) is 6.53. The van der Waals surface area contributed by atoms with Crippen LogP contribution in [-0.2, 0) is 16.1 Å². The summed E-state index contributed by atoms with van der Waals surface area (Å²) in [6.45, 7) is 2.40. The lowest BCUT2D eigenvalue weighted by Gasteiger charge is -2.15. The largest absolute Gasteiger partial charge is 0.490 e. The maximum absolute atomic E-state index is 12.5. The Morgan fingerprint density at radius 1 is 1.17 bits per heavy atom. The Hall–Kier alpha value is -2.96. The van der Waals surface area contributed by atoms with Crippen LogP contribution in [0.25, 0.3) is 6.08 Å². The summed E-state index contributed by atoms with van der Waals surface area (Å²) in [6, 6.07) is 15.0. The zero-order valence-corrected chi connectivity index (χ0v) is 23.2. The second-order valence-electron chi connectivity index (χ2n) is 7.44. The minimum Gasteiger partial charge on any atom is -0.490 e. The van der Waals surface area contributed by atoms with Gasteiger partial charge in [-0.25, -0.2) is 9.79 Å². The van der Waals surface area contributed by atoms with Crippen LogP contribution in [-0.4, -0.2) is 23.4 Å². The van der Waals surface area contributed by atoms with E-state index >= 15 is 0 Å². The van der Waals surface area contributed by atoms with Crippen LogP contribution in [0.15, 0.2) is 69.8 Å². The van der Waals surface area contributed by atoms with E-state index in [1.54, 1.807) is 42.5 Å². The molecule has 1 heterocycles. The van der Waals surface area contributed by atoms with Gasteiger partial charge in [-0.05, 0) is 105 Å². The zero-order valence-electron chi connectivity index (χ0n) is 18.7. The fourth-order valence-corrected chi connectivity index (χ4v) is 4.55. The monoisotopic (exact) mass is 682 g/mol. The number of benzene rings is 3. The first-order valence-electron chi connectivity index (χ1n) is 10.6. The number of non-ortho nitro benzene ring substituents is 1. The van der Waals surface area contributed by atoms with Crippen molar-refractivity contribution in [1.82, 2.24) is 0 Å². The molecule has 1 aliphatic rings. The SMILES string of the molecule is CCOc1cc(/C=C2\N=C(c3cc(I)ccc3Cl)OC2=O)cc(Br)c1OCc1ccc([N+](=O)[O-])cc1. The highest BCUT2D eigenvalue weighted by Gasteiger charge is 2.26. The smallest absolute Gasteiger partial charge is 0.363 e. The Morgan fingerprint density at radius 3 is 2.61 bits per heavy atom. The molecular formula is C25H17BrClIN2O6. The molecule has 3 aromatic carbocycles. The average Bonchev–Trinajstić information content (AvgIpc) is 3.20. The molecule has 0 radical (unpaired) electrons. The van der Waals surface area contributed by atoms with Crippen molar-refractivity contribution in [2.75, 3.05) is 6.61 Å². The van der Waals surface area contributed by atoms with Gasteiger partial charge in [-0.3, -0.25) is 10.1 Å². The molecule has 0 fully saturated rings. The van der Waals surface area contributed by atoms with Gasteiger partial charge in [0.1, 0.15) is 6.61 Å². The third-order valence-electron chi connectivity index (χ3n) is 4.94. The van der Waals surface area contributed by atoms with Crippen molar-refractivity contribution in [1.29, 1.82) is 0 Å². The van der Waals surface area contributed by atoms with Gasteiger partial charge in [-0.15, -0.1) is 0 Å². The summed E-state index contributed by atoms with van der Waals surface area (Å²) >= 11 is 11.9. The first-order valence-corrected chi connectivity index (χ1v) is 12.8. The highest BCUT2D eigenvalue weighted by Crippen LogP contribution is 2.38. The number of hydrogen-bond donors (Lipinski definition) is 0. The van der Waals surface area contributed by atoms with Crippen LogP contribution in [0.2, 0.25) is 5.02 Å². The van der Waals surface area contributed by atoms with Gasteiger partial charge in [0.05, 0.1) is 26.6 Å². The first kappa shape index (κ1) is 26.1. The summed E-state index contributed by atoms with van der Waals surface area (Å²) in [7, 11) is 0. The summed E-state index contributed by atoms with van der Waals surface area (Å²) in [4.78, 5) is 27.2. The van der Waals surface area contributed by atoms with Gasteiger partial charge in [-0.2, -0.15) is 0 Å². The number of rotatable bonds is 8. The fraction of sp³-hybridized carbons (Fsp3) is 0.120. The van der Waals surface area contributed by atoms with E-state index in [1.807, 2.05) is 13.0 Å². The molecule has 0 unspecified atom stereocenters. The van der Waals surface area contributed by atoms with Crippen molar-refractivity contribution < 1.29 is 23.9 Å². The number of cyclic esters (lactones) is 1. The lowest BCUT2D eigenvalue weighted by atomic mass is 10.1. The number of carbonyl (C=O) groups excluding carboxylic acids is 1. The molecule has 0 amide bonds. The van der Waals surface area contributed by atoms with Gasteiger partial charge in [0.15, 0.2) is 17.2 Å². The lowest BCUT2D eigenvalue weighted by molar-refractivity contribution is -0.384. The van der Waals surface area contributed by atoms with Gasteiger partial charge in [-0.1, -0.05) is 11.6 Å². The summed E-state index contributed by atoms with van der Waals surface area (Å²) in [5, 5.41) is 11.3. The number of hydrogen-bond acceptors (Lipinski definition) is 7. The van der Waals surface area contributed by atoms with Crippen molar-refractivity contribution in [3.63, 3.8) is 0 Å². The number of carbonyl (C=O) groups is 1. The Kier molecular flexibility index (Phi) is 8.27. The van der Waals surface area contributed by atoms with Gasteiger partial charge in [0.2, 0.25) is 5.90 Å². The highest BCUT2D eigenvalue weighted by molar-refractivity contribution is 14.1. The van der Waals surface area contributed by atoms with Crippen LogP contribution < -0.4 is 9.47 Å². The van der Waals surface area contributed by atoms with Crippen molar-refractivity contribution in [2.24, 2.45) is 4.99 Å². The molecule has 8 nitrogen and oxygen atoms in total. The third kappa shape index (κ3) is 6.05. The number of halogens is 3. The summed E-state index contributed by atoms with van der Waals surface area (Å²) < 4.78 is 18.6. The number of nitro benzene ring substituents is 1. The van der Waals surface area contributed by atoms with E-state index in [-0.39, 0.29) is 23.9 Å². The molecule has 184 valence electrons. The molecule has 0 aliphatic carbocycles. The molecule has 0 aromatic heterocycles. The lowest BCUT2D eigenvalue weighted by Crippen LogP contribution is -2.06. The summed E-state index contributed by atoms with van der Waals surface area (Å²) in [6.07, 6.45) is 1.59. The zero-order chi connectivity index (χ0) is 25.8. The highest BCUT2D eigenvalue weighted by atomic mass is 127. The molecule has 1 aliphatic heterocycles. The Labute approximate surface area is 233 Å². The molecular weight excluding hydrogens is 667 g/mol. The van der Waals surface area contributed by atoms with E-state index < -0.39 is 10.9 Å². The average molecular weight is 684 g/mol. The fourth-order valence-electron chi connectivity index (χ4n) is 3.29. The van der Waals surface area contributed by atoms with E-state index in [1.165, 1.54) is 12.1 Å². The predicted molar refractivity (Wildman–Crippen MR) is 148 cm³/mol. The molecule has 0 atom stereocenters. The predicted octanol–water partition coefficient (Wildman–Crippen LogP) is 6.94. The van der Waals surface area contributed by atoms with Crippen molar-refractivity contribution in [3.05, 3.63) is 100 Å². The second-order valence-corrected chi connectivity index (χ2v) is 9.94. The molecule has 4 rings (SSSR count). The Morgan fingerprint density at radius 2 is 1.92 bits per heavy atom. The van der Waals surface area contributed by atoms with Crippen LogP contribution >= 0.6 is 50.1 Å². The Bertz CT molecular complexity index is 1410. The van der Waals surface area contributed by atoms with Crippen LogP contribution in [0, 0.1) is 13.7 Å². The van der Waals surface area contributed by atoms with E-state index in [2.05, 4.69) is 43.5 Å². The van der Waals surface area contributed by atoms with Crippen LogP contribution in [0.4, 0.5) is 5.69 Å². The van der Waals surface area contributed by atoms with Crippen LogP contribution in [0.3, 0.4) is 0 Å². The molecule has 0 saturated heterocycles. The van der Waals surface area contributed by atoms with E-state index in [9.17, 15) is 14.9 Å². The first-order chi connectivity index (χ1) is 17.2. The topological polar surface area (TPSA) is 100 Å². The maximum Gasteiger partial charge on any atom is 0.363 e. The van der Waals surface area contributed by atoms with E-state index in [4.69, 9.17) is 25.8 Å². The number of nitrogens with zero attached hydrogens (tertiary/aromatic N) is 2.